The summed E-state index contributed by atoms with van der Waals surface area (Å²) in [5.74, 6) is -4.99. The van der Waals surface area contributed by atoms with Gasteiger partial charge in [-0.05, 0) is 54.7 Å². The molecule has 1 fully saturated rings. The fourth-order valence-electron chi connectivity index (χ4n) is 7.18. The summed E-state index contributed by atoms with van der Waals surface area (Å²) >= 11 is 6.45. The summed E-state index contributed by atoms with van der Waals surface area (Å²) in [6, 6.07) is 6.98. The number of nitrogens with one attached hydrogen (secondary N) is 1. The molecule has 3 heterocycles. The van der Waals surface area contributed by atoms with Crippen LogP contribution in [0.1, 0.15) is 59.2 Å². The molecule has 19 heteroatoms. The van der Waals surface area contributed by atoms with E-state index in [1.54, 1.807) is 13.1 Å². The predicted octanol–water partition coefficient (Wildman–Crippen LogP) is 7.01. The third-order valence-corrected chi connectivity index (χ3v) is 9.70. The summed E-state index contributed by atoms with van der Waals surface area (Å²) in [4.78, 5) is 18.3. The van der Waals surface area contributed by atoms with Crippen molar-refractivity contribution in [1.82, 2.24) is 29.9 Å². The molecule has 2 aliphatic rings. The van der Waals surface area contributed by atoms with Gasteiger partial charge in [-0.3, -0.25) is 14.2 Å². The van der Waals surface area contributed by atoms with Gasteiger partial charge in [0.15, 0.2) is 11.5 Å². The molecule has 1 atom stereocenters. The van der Waals surface area contributed by atoms with Crippen molar-refractivity contribution in [2.45, 2.75) is 68.3 Å². The predicted molar refractivity (Wildman–Crippen MR) is 180 cm³/mol. The number of nitrogen functional groups attached to an aromatic ring is 1. The highest BCUT2D eigenvalue weighted by atomic mass is 35.5. The van der Waals surface area contributed by atoms with Crippen molar-refractivity contribution in [1.29, 1.82) is 0 Å². The Balaban J connectivity index is 1.37. The lowest BCUT2D eigenvalue weighted by Gasteiger charge is -2.39. The Hall–Kier alpha value is -5.28. The number of amides is 1. The Morgan fingerprint density at radius 3 is 2.38 bits per heavy atom. The number of alkyl halides is 7. The van der Waals surface area contributed by atoms with Crippen LogP contribution in [-0.4, -0.2) is 47.1 Å². The minimum absolute atomic E-state index is 0.0325. The topological polar surface area (TPSA) is 124 Å². The van der Waals surface area contributed by atoms with Crippen LogP contribution in [0.15, 0.2) is 42.5 Å². The summed E-state index contributed by atoms with van der Waals surface area (Å²) in [6.07, 6.45) is -8.95. The van der Waals surface area contributed by atoms with Crippen LogP contribution in [0.25, 0.3) is 22.0 Å². The molecule has 2 aromatic carbocycles. The van der Waals surface area contributed by atoms with Gasteiger partial charge < -0.3 is 16.2 Å². The van der Waals surface area contributed by atoms with Crippen LogP contribution in [-0.2, 0) is 43.3 Å². The first-order valence-corrected chi connectivity index (χ1v) is 16.9. The first-order valence-electron chi connectivity index (χ1n) is 16.5. The zero-order valence-corrected chi connectivity index (χ0v) is 29.1. The molecule has 0 aliphatic heterocycles. The second-order valence-electron chi connectivity index (χ2n) is 13.6. The zero-order valence-electron chi connectivity index (χ0n) is 28.3. The van der Waals surface area contributed by atoms with E-state index in [2.05, 4.69) is 32.3 Å². The molecule has 0 saturated heterocycles. The molecule has 5 aromatic rings. The SMILES string of the molecule is Cn1nc(N)c2c(Cl)ccc(-c3ccc(C#CC4(O)CC(F)(F)C4)nc3[C@H](Cc3cc(F)cc(F)c3)NC(=O)Cn3nc(C(F)(F)F)c4c3C(F)(F)CC4)c21. The van der Waals surface area contributed by atoms with Crippen LogP contribution >= 0.6 is 11.6 Å². The fraction of sp³-hybridized carbons (Fsp3) is 0.333. The third-order valence-electron chi connectivity index (χ3n) is 9.38. The number of rotatable bonds is 7. The maximum Gasteiger partial charge on any atom is 0.435 e. The van der Waals surface area contributed by atoms with Crippen LogP contribution in [0.3, 0.4) is 0 Å². The molecule has 1 saturated carbocycles. The molecule has 0 bridgehead atoms. The summed E-state index contributed by atoms with van der Waals surface area (Å²) in [7, 11) is 1.56. The van der Waals surface area contributed by atoms with E-state index in [-0.39, 0.29) is 38.0 Å². The molecule has 4 N–H and O–H groups in total. The molecule has 0 unspecified atom stereocenters. The molecule has 55 heavy (non-hydrogen) atoms. The van der Waals surface area contributed by atoms with Crippen LogP contribution in [0.5, 0.6) is 0 Å². The number of hydrogen-bond acceptors (Lipinski definition) is 6. The van der Waals surface area contributed by atoms with Gasteiger partial charge in [-0.15, -0.1) is 0 Å². The zero-order chi connectivity index (χ0) is 39.8. The number of aliphatic hydroxyl groups is 1. The second kappa shape index (κ2) is 13.2. The maximum absolute atomic E-state index is 14.9. The van der Waals surface area contributed by atoms with Crippen LogP contribution in [0.4, 0.5) is 45.3 Å². The number of anilines is 1. The smallest absolute Gasteiger partial charge is 0.382 e. The van der Waals surface area contributed by atoms with Crippen molar-refractivity contribution < 1.29 is 49.4 Å². The monoisotopic (exact) mass is 795 g/mol. The van der Waals surface area contributed by atoms with E-state index in [9.17, 15) is 49.4 Å². The van der Waals surface area contributed by atoms with Gasteiger partial charge in [0.2, 0.25) is 5.91 Å². The summed E-state index contributed by atoms with van der Waals surface area (Å²) in [6.45, 7) is -1.12. The molecule has 1 amide bonds. The average Bonchev–Trinajstić information content (AvgIpc) is 3.69. The second-order valence-corrected chi connectivity index (χ2v) is 14.0. The van der Waals surface area contributed by atoms with E-state index >= 15 is 0 Å². The first kappa shape index (κ1) is 38.0. The number of carbonyl (C=O) groups excluding carboxylic acids is 1. The maximum atomic E-state index is 14.9. The van der Waals surface area contributed by atoms with Gasteiger partial charge in [0.05, 0.1) is 40.5 Å². The van der Waals surface area contributed by atoms with E-state index in [0.29, 0.717) is 22.5 Å². The summed E-state index contributed by atoms with van der Waals surface area (Å²) < 4.78 is 129. The number of aromatic nitrogens is 5. The van der Waals surface area contributed by atoms with Crippen LogP contribution in [0.2, 0.25) is 5.02 Å². The van der Waals surface area contributed by atoms with Gasteiger partial charge in [-0.2, -0.15) is 32.1 Å². The Kier molecular flexibility index (Phi) is 9.11. The standard InChI is InChI=1S/C36H27ClF9N7O2/c1-52-29-22(4-5-24(37)27(29)32(47)51-52)21-3-2-20(6-8-33(55)15-34(40,41)16-33)48-28(21)25(12-17-10-18(38)13-19(39)11-17)49-26(54)14-53-31-23(7-9-35(31,42)43)30(50-53)36(44,45)46/h2-5,10-11,13,25,55H,7,9,12,14-16H2,1H3,(H2,47,51)(H,49,54)/t25-/m0/s1. The van der Waals surface area contributed by atoms with Crippen LogP contribution < -0.4 is 11.1 Å². The molecule has 288 valence electrons. The van der Waals surface area contributed by atoms with Gasteiger partial charge in [0, 0.05) is 36.2 Å². The number of fused-ring (bicyclic) bond motifs is 2. The van der Waals surface area contributed by atoms with Crippen molar-refractivity contribution in [2.24, 2.45) is 7.05 Å². The normalized spacial score (nSPS) is 17.3. The number of halogens is 10. The van der Waals surface area contributed by atoms with Crippen molar-refractivity contribution in [2.75, 3.05) is 5.73 Å². The number of hydrogen-bond donors (Lipinski definition) is 3. The largest absolute Gasteiger partial charge is 0.435 e. The molecule has 2 aliphatic carbocycles. The van der Waals surface area contributed by atoms with E-state index in [1.165, 1.54) is 22.9 Å². The summed E-state index contributed by atoms with van der Waals surface area (Å²) in [5.41, 5.74) is 1.47. The van der Waals surface area contributed by atoms with E-state index in [4.69, 9.17) is 17.3 Å². The number of nitrogens with zero attached hydrogens (tertiary/aromatic N) is 5. The molecule has 9 nitrogen and oxygen atoms in total. The number of carbonyl (C=O) groups is 1. The van der Waals surface area contributed by atoms with Gasteiger partial charge >= 0.3 is 6.18 Å². The molecule has 3 aromatic heterocycles. The summed E-state index contributed by atoms with van der Waals surface area (Å²) in [5, 5.41) is 21.1. The minimum atomic E-state index is -5.10. The molecular weight excluding hydrogens is 769 g/mol. The molecular formula is C36H27ClF9N7O2. The quantitative estimate of drug-likeness (QED) is 0.120. The fourth-order valence-corrected chi connectivity index (χ4v) is 7.43. The number of benzene rings is 2. The number of nitrogens with two attached hydrogens (primary N) is 1. The van der Waals surface area contributed by atoms with Gasteiger partial charge in [0.25, 0.3) is 11.8 Å². The Morgan fingerprint density at radius 2 is 1.73 bits per heavy atom. The molecule has 7 rings (SSSR count). The van der Waals surface area contributed by atoms with Gasteiger partial charge in [0.1, 0.15) is 35.2 Å². The van der Waals surface area contributed by atoms with Crippen molar-refractivity contribution in [3.05, 3.63) is 93.0 Å². The third kappa shape index (κ3) is 7.30. The van der Waals surface area contributed by atoms with Crippen molar-refractivity contribution >= 4 is 34.2 Å². The van der Waals surface area contributed by atoms with Crippen molar-refractivity contribution in [3.8, 4) is 23.0 Å². The van der Waals surface area contributed by atoms with Crippen LogP contribution in [0, 0.1) is 23.5 Å². The highest BCUT2D eigenvalue weighted by Crippen LogP contribution is 2.47. The van der Waals surface area contributed by atoms with Crippen molar-refractivity contribution in [3.63, 3.8) is 0 Å². The molecule has 0 radical (unpaired) electrons. The van der Waals surface area contributed by atoms with E-state index < -0.39 is 103 Å². The Morgan fingerprint density at radius 1 is 1.05 bits per heavy atom. The number of aryl methyl sites for hydroxylation is 1. The highest BCUT2D eigenvalue weighted by molar-refractivity contribution is 6.37. The van der Waals surface area contributed by atoms with E-state index in [1.807, 2.05) is 0 Å². The Labute approximate surface area is 310 Å². The molecule has 0 spiro atoms. The lowest BCUT2D eigenvalue weighted by Crippen LogP contribution is -2.50. The lowest BCUT2D eigenvalue weighted by atomic mass is 9.77. The van der Waals surface area contributed by atoms with E-state index in [0.717, 1.165) is 12.1 Å². The average molecular weight is 796 g/mol. The van der Waals surface area contributed by atoms with Gasteiger partial charge in [-0.1, -0.05) is 23.6 Å². The van der Waals surface area contributed by atoms with Gasteiger partial charge in [-0.25, -0.2) is 22.5 Å². The number of pyridine rings is 1. The Bertz CT molecular complexity index is 2420. The highest BCUT2D eigenvalue weighted by Gasteiger charge is 2.55. The lowest BCUT2D eigenvalue weighted by molar-refractivity contribution is -0.176. The minimum Gasteiger partial charge on any atom is -0.382 e. The first-order chi connectivity index (χ1) is 25.6.